The Morgan fingerprint density at radius 2 is 2.09 bits per heavy atom. The largest absolute Gasteiger partial charge is 0.497 e. The number of benzene rings is 1. The number of nitrogens with one attached hydrogen (secondary N) is 2. The lowest BCUT2D eigenvalue weighted by Crippen LogP contribution is -2.54. The lowest BCUT2D eigenvalue weighted by molar-refractivity contribution is 0.352. The summed E-state index contributed by atoms with van der Waals surface area (Å²) in [5.74, 6) is 0.441. The average Bonchev–Trinajstić information content (AvgIpc) is 2.78. The first-order valence-corrected chi connectivity index (χ1v) is 7.66. The number of fused-ring (bicyclic) bond motifs is 1. The number of aliphatic imine (C=N–C) groups is 1. The van der Waals surface area contributed by atoms with Crippen LogP contribution in [0, 0.1) is 6.92 Å². The van der Waals surface area contributed by atoms with E-state index in [1.54, 1.807) is 13.2 Å². The molecule has 0 bridgehead atoms. The first kappa shape index (κ1) is 15.4. The average molecular weight is 313 g/mol. The number of rotatable bonds is 4. The third-order valence-corrected chi connectivity index (χ3v) is 4.19. The molecule has 0 fully saturated rings. The fourth-order valence-corrected chi connectivity index (χ4v) is 3.13. The topological polar surface area (TPSA) is 101 Å². The highest BCUT2D eigenvalue weighted by Crippen LogP contribution is 2.28. The van der Waals surface area contributed by atoms with Crippen molar-refractivity contribution in [2.75, 3.05) is 7.11 Å². The molecular weight excluding hydrogens is 290 g/mol. The third kappa shape index (κ3) is 3.03. The number of amidine groups is 1. The number of methoxy groups -OCH3 is 1. The van der Waals surface area contributed by atoms with E-state index < -0.39 is 5.79 Å². The predicted molar refractivity (Wildman–Crippen MR) is 93.3 cm³/mol. The van der Waals surface area contributed by atoms with Gasteiger partial charge in [0.2, 0.25) is 0 Å². The van der Waals surface area contributed by atoms with Crippen LogP contribution in [0.25, 0.3) is 10.9 Å². The Bertz CT molecular complexity index is 805. The monoisotopic (exact) mass is 313 g/mol. The Kier molecular flexibility index (Phi) is 3.77. The van der Waals surface area contributed by atoms with E-state index >= 15 is 0 Å². The summed E-state index contributed by atoms with van der Waals surface area (Å²) in [6, 6.07) is 6.04. The quantitative estimate of drug-likeness (QED) is 0.692. The van der Waals surface area contributed by atoms with Crippen LogP contribution in [0.5, 0.6) is 5.75 Å². The maximum absolute atomic E-state index is 6.35. The first-order chi connectivity index (χ1) is 10.9. The van der Waals surface area contributed by atoms with Crippen molar-refractivity contribution in [2.24, 2.45) is 16.5 Å². The Morgan fingerprint density at radius 1 is 1.30 bits per heavy atom. The van der Waals surface area contributed by atoms with Gasteiger partial charge in [0.1, 0.15) is 11.6 Å². The van der Waals surface area contributed by atoms with Gasteiger partial charge in [-0.05, 0) is 50.1 Å². The number of aromatic nitrogens is 1. The van der Waals surface area contributed by atoms with E-state index in [1.165, 1.54) is 5.56 Å². The molecule has 1 aliphatic heterocycles. The van der Waals surface area contributed by atoms with Gasteiger partial charge in [-0.2, -0.15) is 0 Å². The molecule has 1 aromatic carbocycles. The molecule has 0 radical (unpaired) electrons. The highest BCUT2D eigenvalue weighted by Gasteiger charge is 2.27. The molecule has 0 saturated heterocycles. The normalized spacial score (nSPS) is 20.9. The second-order valence-corrected chi connectivity index (χ2v) is 6.05. The summed E-state index contributed by atoms with van der Waals surface area (Å²) in [6.07, 6.45) is 3.21. The summed E-state index contributed by atoms with van der Waals surface area (Å²) < 4.78 is 5.33. The molecule has 6 nitrogen and oxygen atoms in total. The molecular formula is C17H23N5O. The van der Waals surface area contributed by atoms with Gasteiger partial charge < -0.3 is 20.8 Å². The summed E-state index contributed by atoms with van der Waals surface area (Å²) in [5, 5.41) is 4.37. The molecule has 0 aliphatic carbocycles. The van der Waals surface area contributed by atoms with Crippen LogP contribution in [0.4, 0.5) is 0 Å². The number of nitrogens with two attached hydrogens (primary N) is 2. The molecule has 2 aromatic rings. The van der Waals surface area contributed by atoms with E-state index in [0.717, 1.165) is 34.5 Å². The number of H-pyrrole nitrogens is 1. The molecule has 1 atom stereocenters. The van der Waals surface area contributed by atoms with Gasteiger partial charge in [0, 0.05) is 28.7 Å². The maximum Gasteiger partial charge on any atom is 0.184 e. The molecule has 2 heterocycles. The zero-order valence-corrected chi connectivity index (χ0v) is 13.7. The number of nitrogens with zero attached hydrogens (tertiary/aromatic N) is 1. The minimum atomic E-state index is -0.863. The second-order valence-electron chi connectivity index (χ2n) is 6.05. The SMILES string of the molecule is COc1ccc2[nH]c(C)c(CCC3(N)N=C(N)C=C(C)N3)c2c1. The molecule has 3 rings (SSSR count). The van der Waals surface area contributed by atoms with Crippen molar-refractivity contribution in [3.8, 4) is 5.75 Å². The van der Waals surface area contributed by atoms with Gasteiger partial charge in [-0.25, -0.2) is 4.99 Å². The summed E-state index contributed by atoms with van der Waals surface area (Å²) in [6.45, 7) is 4.01. The van der Waals surface area contributed by atoms with Crippen LogP contribution >= 0.6 is 0 Å². The summed E-state index contributed by atoms with van der Waals surface area (Å²) in [4.78, 5) is 7.76. The third-order valence-electron chi connectivity index (χ3n) is 4.19. The van der Waals surface area contributed by atoms with Gasteiger partial charge in [-0.1, -0.05) is 0 Å². The van der Waals surface area contributed by atoms with Crippen molar-refractivity contribution in [1.29, 1.82) is 0 Å². The number of aryl methyl sites for hydroxylation is 2. The van der Waals surface area contributed by atoms with Crippen molar-refractivity contribution in [2.45, 2.75) is 32.5 Å². The van der Waals surface area contributed by atoms with Gasteiger partial charge in [0.25, 0.3) is 0 Å². The molecule has 1 aliphatic rings. The molecule has 0 saturated carbocycles. The van der Waals surface area contributed by atoms with Crippen molar-refractivity contribution in [3.05, 3.63) is 41.2 Å². The standard InChI is InChI=1S/C17H23N5O/c1-10-8-16(18)22-17(19,21-10)7-6-13-11(2)20-15-5-4-12(23-3)9-14(13)15/h4-5,8-9,20-21H,6-7,19H2,1-3H3,(H2,18,22). The van der Waals surface area contributed by atoms with Gasteiger partial charge in [0.05, 0.1) is 7.11 Å². The molecule has 0 amide bonds. The van der Waals surface area contributed by atoms with E-state index in [4.69, 9.17) is 16.2 Å². The summed E-state index contributed by atoms with van der Waals surface area (Å²) >= 11 is 0. The molecule has 23 heavy (non-hydrogen) atoms. The van der Waals surface area contributed by atoms with Crippen molar-refractivity contribution < 1.29 is 4.74 Å². The van der Waals surface area contributed by atoms with E-state index in [-0.39, 0.29) is 0 Å². The predicted octanol–water partition coefficient (Wildman–Crippen LogP) is 1.89. The first-order valence-electron chi connectivity index (χ1n) is 7.66. The Hall–Kier alpha value is -2.47. The lowest BCUT2D eigenvalue weighted by atomic mass is 10.0. The molecule has 1 unspecified atom stereocenters. The fraction of sp³-hybridized carbons (Fsp3) is 0.353. The maximum atomic E-state index is 6.35. The Morgan fingerprint density at radius 3 is 2.78 bits per heavy atom. The van der Waals surface area contributed by atoms with Crippen LogP contribution in [0.15, 0.2) is 35.0 Å². The van der Waals surface area contributed by atoms with Crippen molar-refractivity contribution >= 4 is 16.7 Å². The zero-order valence-electron chi connectivity index (χ0n) is 13.7. The van der Waals surface area contributed by atoms with Crippen LogP contribution in [0.3, 0.4) is 0 Å². The van der Waals surface area contributed by atoms with Crippen LogP contribution < -0.4 is 21.5 Å². The number of ether oxygens (including phenoxy) is 1. The summed E-state index contributed by atoms with van der Waals surface area (Å²) in [5.41, 5.74) is 16.6. The van der Waals surface area contributed by atoms with E-state index in [0.29, 0.717) is 12.3 Å². The highest BCUT2D eigenvalue weighted by atomic mass is 16.5. The second kappa shape index (κ2) is 5.62. The Balaban J connectivity index is 1.87. The molecule has 1 aromatic heterocycles. The van der Waals surface area contributed by atoms with Crippen LogP contribution in [-0.2, 0) is 6.42 Å². The van der Waals surface area contributed by atoms with Gasteiger partial charge in [0.15, 0.2) is 5.79 Å². The van der Waals surface area contributed by atoms with Gasteiger partial charge in [-0.3, -0.25) is 5.73 Å². The van der Waals surface area contributed by atoms with E-state index in [9.17, 15) is 0 Å². The van der Waals surface area contributed by atoms with Crippen molar-refractivity contribution in [1.82, 2.24) is 10.3 Å². The van der Waals surface area contributed by atoms with Gasteiger partial charge >= 0.3 is 0 Å². The van der Waals surface area contributed by atoms with Gasteiger partial charge in [-0.15, -0.1) is 0 Å². The van der Waals surface area contributed by atoms with E-state index in [2.05, 4.69) is 28.3 Å². The molecule has 0 spiro atoms. The minimum absolute atomic E-state index is 0.459. The van der Waals surface area contributed by atoms with Crippen molar-refractivity contribution in [3.63, 3.8) is 0 Å². The van der Waals surface area contributed by atoms with Crippen LogP contribution in [0.2, 0.25) is 0 Å². The van der Waals surface area contributed by atoms with Crippen LogP contribution in [0.1, 0.15) is 24.6 Å². The highest BCUT2D eigenvalue weighted by molar-refractivity contribution is 5.93. The molecule has 6 heteroatoms. The smallest absolute Gasteiger partial charge is 0.184 e. The number of hydrogen-bond acceptors (Lipinski definition) is 5. The Labute approximate surface area is 135 Å². The fourth-order valence-electron chi connectivity index (χ4n) is 3.13. The van der Waals surface area contributed by atoms with E-state index in [1.807, 2.05) is 19.1 Å². The molecule has 122 valence electrons. The lowest BCUT2D eigenvalue weighted by Gasteiger charge is -2.31. The minimum Gasteiger partial charge on any atom is -0.497 e. The number of aromatic amines is 1. The number of hydrogen-bond donors (Lipinski definition) is 4. The summed E-state index contributed by atoms with van der Waals surface area (Å²) in [7, 11) is 1.67. The zero-order chi connectivity index (χ0) is 16.6. The van der Waals surface area contributed by atoms with Crippen LogP contribution in [-0.4, -0.2) is 23.7 Å². The number of allylic oxidation sites excluding steroid dienone is 1. The molecule has 6 N–H and O–H groups in total.